The van der Waals surface area contributed by atoms with E-state index >= 15 is 0 Å². The summed E-state index contributed by atoms with van der Waals surface area (Å²) in [7, 11) is 0. The summed E-state index contributed by atoms with van der Waals surface area (Å²) in [6.45, 7) is 5.31. The summed E-state index contributed by atoms with van der Waals surface area (Å²) >= 11 is 0. The van der Waals surface area contributed by atoms with Crippen LogP contribution in [0.4, 0.5) is 4.39 Å². The number of aryl methyl sites for hydroxylation is 1. The van der Waals surface area contributed by atoms with Gasteiger partial charge in [-0.05, 0) is 38.0 Å². The molecule has 1 aromatic heterocycles. The van der Waals surface area contributed by atoms with Crippen LogP contribution in [0.15, 0.2) is 24.3 Å². The van der Waals surface area contributed by atoms with Gasteiger partial charge in [0.1, 0.15) is 5.82 Å². The Morgan fingerprint density at radius 3 is 2.50 bits per heavy atom. The van der Waals surface area contributed by atoms with E-state index in [1.807, 2.05) is 0 Å². The quantitative estimate of drug-likeness (QED) is 0.850. The number of halogens is 1. The number of nitrogens with one attached hydrogen (secondary N) is 1. The fourth-order valence-electron chi connectivity index (χ4n) is 2.69. The zero-order valence-electron chi connectivity index (χ0n) is 14.0. The fraction of sp³-hybridized carbons (Fsp3) is 0.389. The molecule has 2 aromatic rings. The number of amides is 1. The van der Waals surface area contributed by atoms with E-state index in [0.717, 1.165) is 0 Å². The lowest BCUT2D eigenvalue weighted by Gasteiger charge is -2.26. The molecule has 2 N–H and O–H groups in total. The second-order valence-corrected chi connectivity index (χ2v) is 5.93. The summed E-state index contributed by atoms with van der Waals surface area (Å²) in [6.07, 6.45) is 0.848. The van der Waals surface area contributed by atoms with Gasteiger partial charge in [0.2, 0.25) is 0 Å². The van der Waals surface area contributed by atoms with Crippen molar-refractivity contribution in [1.82, 2.24) is 10.3 Å². The fourth-order valence-corrected chi connectivity index (χ4v) is 2.69. The highest BCUT2D eigenvalue weighted by molar-refractivity contribution is 5.98. The number of hydrogen-bond acceptors (Lipinski definition) is 3. The minimum Gasteiger partial charge on any atom is -0.481 e. The SMILES string of the molecule is CCC(CC)(CNC(=O)c1cc2ccc(F)cc2nc1C)C(=O)O. The average molecular weight is 332 g/mol. The van der Waals surface area contributed by atoms with Gasteiger partial charge >= 0.3 is 5.97 Å². The van der Waals surface area contributed by atoms with Crippen molar-refractivity contribution in [2.24, 2.45) is 5.41 Å². The van der Waals surface area contributed by atoms with E-state index in [-0.39, 0.29) is 18.3 Å². The highest BCUT2D eigenvalue weighted by atomic mass is 19.1. The molecule has 5 nitrogen and oxygen atoms in total. The Bertz CT molecular complexity index is 785. The molecular weight excluding hydrogens is 311 g/mol. The number of nitrogens with zero attached hydrogens (tertiary/aromatic N) is 1. The van der Waals surface area contributed by atoms with Crippen molar-refractivity contribution >= 4 is 22.8 Å². The maximum absolute atomic E-state index is 13.3. The number of carbonyl (C=O) groups excluding carboxylic acids is 1. The molecule has 0 spiro atoms. The second-order valence-electron chi connectivity index (χ2n) is 5.93. The number of aromatic nitrogens is 1. The lowest BCUT2D eigenvalue weighted by molar-refractivity contribution is -0.149. The van der Waals surface area contributed by atoms with Crippen LogP contribution in [0.1, 0.15) is 42.7 Å². The van der Waals surface area contributed by atoms with Crippen LogP contribution in [0.3, 0.4) is 0 Å². The summed E-state index contributed by atoms with van der Waals surface area (Å²) in [5.74, 6) is -1.68. The minimum absolute atomic E-state index is 0.0507. The molecule has 0 unspecified atom stereocenters. The van der Waals surface area contributed by atoms with E-state index in [4.69, 9.17) is 0 Å². The summed E-state index contributed by atoms with van der Waals surface area (Å²) in [5, 5.41) is 12.8. The van der Waals surface area contributed by atoms with Crippen molar-refractivity contribution in [3.8, 4) is 0 Å². The predicted molar refractivity (Wildman–Crippen MR) is 89.4 cm³/mol. The molecule has 128 valence electrons. The first-order valence-corrected chi connectivity index (χ1v) is 7.91. The zero-order valence-corrected chi connectivity index (χ0v) is 14.0. The largest absolute Gasteiger partial charge is 0.481 e. The molecular formula is C18H21FN2O3. The molecule has 0 saturated heterocycles. The Hall–Kier alpha value is -2.50. The van der Waals surface area contributed by atoms with Crippen molar-refractivity contribution in [2.75, 3.05) is 6.54 Å². The Morgan fingerprint density at radius 1 is 1.25 bits per heavy atom. The third-order valence-corrected chi connectivity index (χ3v) is 4.61. The molecule has 0 bridgehead atoms. The van der Waals surface area contributed by atoms with Crippen LogP contribution in [0.5, 0.6) is 0 Å². The third-order valence-electron chi connectivity index (χ3n) is 4.61. The Balaban J connectivity index is 2.27. The van der Waals surface area contributed by atoms with Gasteiger partial charge in [0.15, 0.2) is 0 Å². The van der Waals surface area contributed by atoms with Gasteiger partial charge in [-0.1, -0.05) is 13.8 Å². The first-order chi connectivity index (χ1) is 11.3. The minimum atomic E-state index is -0.975. The number of carboxylic acids is 1. The van der Waals surface area contributed by atoms with Crippen LogP contribution < -0.4 is 5.32 Å². The number of fused-ring (bicyclic) bond motifs is 1. The predicted octanol–water partition coefficient (Wildman–Crippen LogP) is 3.30. The number of hydrogen-bond donors (Lipinski definition) is 2. The summed E-state index contributed by atoms with van der Waals surface area (Å²) in [4.78, 5) is 28.2. The van der Waals surface area contributed by atoms with Crippen LogP contribution in [0, 0.1) is 18.2 Å². The molecule has 0 radical (unpaired) electrons. The van der Waals surface area contributed by atoms with Gasteiger partial charge in [0, 0.05) is 18.0 Å². The van der Waals surface area contributed by atoms with E-state index in [9.17, 15) is 19.1 Å². The van der Waals surface area contributed by atoms with Gasteiger partial charge in [-0.2, -0.15) is 0 Å². The van der Waals surface area contributed by atoms with Crippen molar-refractivity contribution in [2.45, 2.75) is 33.6 Å². The van der Waals surface area contributed by atoms with E-state index in [0.29, 0.717) is 35.0 Å². The van der Waals surface area contributed by atoms with Crippen LogP contribution in [0.25, 0.3) is 10.9 Å². The molecule has 1 amide bonds. The number of carboxylic acid groups (broad SMARTS) is 1. The van der Waals surface area contributed by atoms with Gasteiger partial charge in [-0.15, -0.1) is 0 Å². The lowest BCUT2D eigenvalue weighted by atomic mass is 9.82. The highest BCUT2D eigenvalue weighted by Gasteiger charge is 2.35. The van der Waals surface area contributed by atoms with Crippen LogP contribution in [0.2, 0.25) is 0 Å². The van der Waals surface area contributed by atoms with Gasteiger partial charge in [-0.3, -0.25) is 14.6 Å². The molecule has 0 aliphatic rings. The molecule has 6 heteroatoms. The Morgan fingerprint density at radius 2 is 1.92 bits per heavy atom. The number of benzene rings is 1. The number of carbonyl (C=O) groups is 2. The molecule has 0 aliphatic carbocycles. The number of aliphatic carboxylic acids is 1. The maximum Gasteiger partial charge on any atom is 0.311 e. The van der Waals surface area contributed by atoms with Crippen LogP contribution in [-0.2, 0) is 4.79 Å². The Kier molecular flexibility index (Phi) is 5.17. The second kappa shape index (κ2) is 6.95. The summed E-state index contributed by atoms with van der Waals surface area (Å²) in [5.41, 5.74) is 0.336. The molecule has 1 heterocycles. The average Bonchev–Trinajstić information content (AvgIpc) is 2.55. The molecule has 0 saturated carbocycles. The lowest BCUT2D eigenvalue weighted by Crippen LogP contribution is -2.42. The Labute approximate surface area is 139 Å². The third kappa shape index (κ3) is 3.37. The van der Waals surface area contributed by atoms with Gasteiger partial charge in [-0.25, -0.2) is 4.39 Å². The van der Waals surface area contributed by atoms with Crippen LogP contribution in [-0.4, -0.2) is 28.5 Å². The van der Waals surface area contributed by atoms with Crippen molar-refractivity contribution in [1.29, 1.82) is 0 Å². The summed E-state index contributed by atoms with van der Waals surface area (Å²) < 4.78 is 13.3. The van der Waals surface area contributed by atoms with E-state index in [1.54, 1.807) is 32.9 Å². The van der Waals surface area contributed by atoms with E-state index in [2.05, 4.69) is 10.3 Å². The van der Waals surface area contributed by atoms with Gasteiger partial charge < -0.3 is 10.4 Å². The maximum atomic E-state index is 13.3. The van der Waals surface area contributed by atoms with Gasteiger partial charge in [0.05, 0.1) is 22.2 Å². The molecule has 0 atom stereocenters. The topological polar surface area (TPSA) is 79.3 Å². The number of pyridine rings is 1. The molecule has 2 rings (SSSR count). The van der Waals surface area contributed by atoms with E-state index < -0.39 is 11.4 Å². The number of rotatable bonds is 6. The smallest absolute Gasteiger partial charge is 0.311 e. The highest BCUT2D eigenvalue weighted by Crippen LogP contribution is 2.26. The molecule has 0 aliphatic heterocycles. The molecule has 0 fully saturated rings. The van der Waals surface area contributed by atoms with Crippen molar-refractivity contribution in [3.63, 3.8) is 0 Å². The monoisotopic (exact) mass is 332 g/mol. The zero-order chi connectivity index (χ0) is 17.9. The van der Waals surface area contributed by atoms with Crippen LogP contribution >= 0.6 is 0 Å². The van der Waals surface area contributed by atoms with Crippen molar-refractivity contribution in [3.05, 3.63) is 41.3 Å². The normalized spacial score (nSPS) is 11.5. The first kappa shape index (κ1) is 17.8. The molecule has 24 heavy (non-hydrogen) atoms. The summed E-state index contributed by atoms with van der Waals surface area (Å²) in [6, 6.07) is 5.83. The standard InChI is InChI=1S/C18H21FN2O3/c1-4-18(5-2,17(23)24)10-20-16(22)14-8-12-6-7-13(19)9-15(12)21-11(14)3/h6-9H,4-5,10H2,1-3H3,(H,20,22)(H,23,24). The van der Waals surface area contributed by atoms with Crippen molar-refractivity contribution < 1.29 is 19.1 Å². The molecule has 1 aromatic carbocycles. The van der Waals surface area contributed by atoms with Gasteiger partial charge in [0.25, 0.3) is 5.91 Å². The van der Waals surface area contributed by atoms with E-state index in [1.165, 1.54) is 12.1 Å². The first-order valence-electron chi connectivity index (χ1n) is 7.91.